The SMILES string of the molecule is Cc1cc(C)c(C2C(=O)C/C(=C\Cc3ncccc3C(C)O)C2=O)c(C)c1. The van der Waals surface area contributed by atoms with Crippen molar-refractivity contribution in [2.75, 3.05) is 0 Å². The van der Waals surface area contributed by atoms with Gasteiger partial charge in [-0.05, 0) is 50.5 Å². The monoisotopic (exact) mass is 363 g/mol. The van der Waals surface area contributed by atoms with Crippen LogP contribution in [0.2, 0.25) is 0 Å². The molecule has 2 unspecified atom stereocenters. The van der Waals surface area contributed by atoms with Crippen LogP contribution in [0.1, 0.15) is 58.9 Å². The number of carbonyl (C=O) groups excluding carboxylic acids is 2. The van der Waals surface area contributed by atoms with E-state index in [4.69, 9.17) is 0 Å². The highest BCUT2D eigenvalue weighted by atomic mass is 16.3. The third-order valence-corrected chi connectivity index (χ3v) is 5.21. The van der Waals surface area contributed by atoms with Crippen LogP contribution in [0, 0.1) is 20.8 Å². The highest BCUT2D eigenvalue weighted by Gasteiger charge is 2.39. The van der Waals surface area contributed by atoms with E-state index in [1.165, 1.54) is 0 Å². The van der Waals surface area contributed by atoms with Crippen molar-refractivity contribution in [2.45, 2.75) is 52.6 Å². The van der Waals surface area contributed by atoms with Crippen LogP contribution in [0.4, 0.5) is 0 Å². The average molecular weight is 363 g/mol. The average Bonchev–Trinajstić information content (AvgIpc) is 2.87. The van der Waals surface area contributed by atoms with Crippen molar-refractivity contribution in [3.8, 4) is 0 Å². The molecule has 4 heteroatoms. The quantitative estimate of drug-likeness (QED) is 0.662. The number of aryl methyl sites for hydroxylation is 3. The Morgan fingerprint density at radius 2 is 1.89 bits per heavy atom. The molecule has 0 radical (unpaired) electrons. The van der Waals surface area contributed by atoms with Gasteiger partial charge >= 0.3 is 0 Å². The fourth-order valence-corrected chi connectivity index (χ4v) is 4.04. The second kappa shape index (κ2) is 7.57. The summed E-state index contributed by atoms with van der Waals surface area (Å²) < 4.78 is 0. The lowest BCUT2D eigenvalue weighted by Crippen LogP contribution is -2.15. The zero-order valence-electron chi connectivity index (χ0n) is 16.2. The number of pyridine rings is 1. The summed E-state index contributed by atoms with van der Waals surface area (Å²) in [4.78, 5) is 30.0. The number of rotatable bonds is 4. The molecule has 3 rings (SSSR count). The van der Waals surface area contributed by atoms with Crippen molar-refractivity contribution in [3.05, 3.63) is 75.6 Å². The lowest BCUT2D eigenvalue weighted by atomic mass is 9.87. The van der Waals surface area contributed by atoms with Crippen LogP contribution in [0.5, 0.6) is 0 Å². The molecule has 1 aromatic carbocycles. The first-order valence-electron chi connectivity index (χ1n) is 9.25. The van der Waals surface area contributed by atoms with Crippen LogP contribution in [0.3, 0.4) is 0 Å². The number of aliphatic hydroxyl groups is 1. The molecular formula is C23H25NO3. The van der Waals surface area contributed by atoms with Crippen molar-refractivity contribution in [3.63, 3.8) is 0 Å². The molecule has 1 aromatic heterocycles. The van der Waals surface area contributed by atoms with Gasteiger partial charge in [-0.2, -0.15) is 0 Å². The third kappa shape index (κ3) is 3.76. The summed E-state index contributed by atoms with van der Waals surface area (Å²) in [5.41, 5.74) is 5.97. The van der Waals surface area contributed by atoms with E-state index in [0.29, 0.717) is 12.0 Å². The zero-order valence-corrected chi connectivity index (χ0v) is 16.2. The highest BCUT2D eigenvalue weighted by Crippen LogP contribution is 2.36. The molecule has 1 aliphatic rings. The van der Waals surface area contributed by atoms with Crippen LogP contribution in [-0.2, 0) is 16.0 Å². The summed E-state index contributed by atoms with van der Waals surface area (Å²) >= 11 is 0. The molecule has 0 saturated heterocycles. The zero-order chi connectivity index (χ0) is 19.7. The van der Waals surface area contributed by atoms with Crippen LogP contribution in [0.25, 0.3) is 0 Å². The lowest BCUT2D eigenvalue weighted by molar-refractivity contribution is -0.123. The normalized spacial score (nSPS) is 19.7. The second-order valence-corrected chi connectivity index (χ2v) is 7.40. The van der Waals surface area contributed by atoms with Crippen molar-refractivity contribution in [1.82, 2.24) is 4.98 Å². The topological polar surface area (TPSA) is 67.3 Å². The van der Waals surface area contributed by atoms with E-state index in [9.17, 15) is 14.7 Å². The van der Waals surface area contributed by atoms with Crippen LogP contribution >= 0.6 is 0 Å². The molecular weight excluding hydrogens is 338 g/mol. The molecule has 1 aliphatic carbocycles. The summed E-state index contributed by atoms with van der Waals surface area (Å²) in [6.07, 6.45) is 3.43. The summed E-state index contributed by atoms with van der Waals surface area (Å²) in [7, 11) is 0. The molecule has 0 aliphatic heterocycles. The molecule has 1 heterocycles. The first kappa shape index (κ1) is 19.2. The second-order valence-electron chi connectivity index (χ2n) is 7.40. The van der Waals surface area contributed by atoms with Crippen LogP contribution < -0.4 is 0 Å². The molecule has 0 amide bonds. The summed E-state index contributed by atoms with van der Waals surface area (Å²) in [6, 6.07) is 7.65. The number of aliphatic hydroxyl groups excluding tert-OH is 1. The Hall–Kier alpha value is -2.59. The fourth-order valence-electron chi connectivity index (χ4n) is 4.04. The number of Topliss-reactive ketones (excluding diaryl/α,β-unsaturated/α-hetero) is 2. The number of hydrogen-bond acceptors (Lipinski definition) is 4. The molecule has 27 heavy (non-hydrogen) atoms. The molecule has 1 fully saturated rings. The van der Waals surface area contributed by atoms with E-state index in [1.54, 1.807) is 25.3 Å². The minimum atomic E-state index is -0.697. The Bertz CT molecular complexity index is 917. The van der Waals surface area contributed by atoms with Gasteiger partial charge in [-0.3, -0.25) is 14.6 Å². The molecule has 2 aromatic rings. The van der Waals surface area contributed by atoms with Gasteiger partial charge in [-0.25, -0.2) is 0 Å². The van der Waals surface area contributed by atoms with Gasteiger partial charge in [0.2, 0.25) is 0 Å². The van der Waals surface area contributed by atoms with E-state index >= 15 is 0 Å². The van der Waals surface area contributed by atoms with Gasteiger partial charge in [0.1, 0.15) is 5.92 Å². The maximum Gasteiger partial charge on any atom is 0.173 e. The summed E-state index contributed by atoms with van der Waals surface area (Å²) in [5.74, 6) is -0.848. The number of nitrogens with zero attached hydrogens (tertiary/aromatic N) is 1. The first-order valence-corrected chi connectivity index (χ1v) is 9.25. The number of hydrogen-bond donors (Lipinski definition) is 1. The molecule has 2 atom stereocenters. The Balaban J connectivity index is 1.90. The molecule has 0 bridgehead atoms. The molecule has 1 N–H and O–H groups in total. The van der Waals surface area contributed by atoms with Gasteiger partial charge in [0.25, 0.3) is 0 Å². The van der Waals surface area contributed by atoms with Gasteiger partial charge in [0.15, 0.2) is 11.6 Å². The van der Waals surface area contributed by atoms with Crippen LogP contribution in [0.15, 0.2) is 42.1 Å². The number of allylic oxidation sites excluding steroid dienone is 2. The van der Waals surface area contributed by atoms with Gasteiger partial charge in [0.05, 0.1) is 6.10 Å². The van der Waals surface area contributed by atoms with Gasteiger partial charge in [0, 0.05) is 35.9 Å². The maximum absolute atomic E-state index is 13.0. The van der Waals surface area contributed by atoms with E-state index < -0.39 is 12.0 Å². The number of ketones is 2. The molecule has 140 valence electrons. The van der Waals surface area contributed by atoms with E-state index in [2.05, 4.69) is 4.98 Å². The minimum absolute atomic E-state index is 0.0435. The van der Waals surface area contributed by atoms with E-state index in [1.807, 2.05) is 39.0 Å². The van der Waals surface area contributed by atoms with E-state index in [0.717, 1.165) is 33.5 Å². The van der Waals surface area contributed by atoms with Crippen molar-refractivity contribution >= 4 is 11.6 Å². The standard InChI is InChI=1S/C23H25NO3/c1-13-10-14(2)21(15(3)11-13)22-20(26)12-17(23(22)27)7-8-19-18(16(4)25)6-5-9-24-19/h5-7,9-11,16,22,25H,8,12H2,1-4H3/b17-7+. The Kier molecular flexibility index (Phi) is 5.38. The van der Waals surface area contributed by atoms with Crippen LogP contribution in [-0.4, -0.2) is 21.7 Å². The summed E-state index contributed by atoms with van der Waals surface area (Å²) in [5, 5.41) is 9.88. The number of carbonyl (C=O) groups is 2. The Morgan fingerprint density at radius 3 is 2.52 bits per heavy atom. The smallest absolute Gasteiger partial charge is 0.173 e. The Labute approximate surface area is 160 Å². The predicted molar refractivity (Wildman–Crippen MR) is 105 cm³/mol. The highest BCUT2D eigenvalue weighted by molar-refractivity contribution is 6.23. The largest absolute Gasteiger partial charge is 0.389 e. The van der Waals surface area contributed by atoms with E-state index in [-0.39, 0.29) is 18.0 Å². The van der Waals surface area contributed by atoms with Crippen molar-refractivity contribution in [1.29, 1.82) is 0 Å². The first-order chi connectivity index (χ1) is 12.8. The van der Waals surface area contributed by atoms with Gasteiger partial charge in [-0.1, -0.05) is 29.8 Å². The molecule has 0 spiro atoms. The third-order valence-electron chi connectivity index (χ3n) is 5.21. The van der Waals surface area contributed by atoms with Crippen molar-refractivity contribution < 1.29 is 14.7 Å². The van der Waals surface area contributed by atoms with Crippen molar-refractivity contribution in [2.24, 2.45) is 0 Å². The lowest BCUT2D eigenvalue weighted by Gasteiger charge is -2.15. The van der Waals surface area contributed by atoms with Gasteiger partial charge < -0.3 is 5.11 Å². The number of aromatic nitrogens is 1. The number of benzene rings is 1. The molecule has 1 saturated carbocycles. The molecule has 4 nitrogen and oxygen atoms in total. The maximum atomic E-state index is 13.0. The predicted octanol–water partition coefficient (Wildman–Crippen LogP) is 3.85. The summed E-state index contributed by atoms with van der Waals surface area (Å²) in [6.45, 7) is 7.62. The minimum Gasteiger partial charge on any atom is -0.389 e. The van der Waals surface area contributed by atoms with Gasteiger partial charge in [-0.15, -0.1) is 0 Å². The fraction of sp³-hybridized carbons (Fsp3) is 0.348. The Morgan fingerprint density at radius 1 is 1.22 bits per heavy atom.